The minimum Gasteiger partial charge on any atom is -0.324 e. The molecule has 25 heavy (non-hydrogen) atoms. The van der Waals surface area contributed by atoms with Crippen molar-refractivity contribution >= 4 is 11.7 Å². The molecule has 3 heterocycles. The van der Waals surface area contributed by atoms with Gasteiger partial charge in [0.15, 0.2) is 0 Å². The zero-order valence-corrected chi connectivity index (χ0v) is 15.2. The third-order valence-electron chi connectivity index (χ3n) is 6.09. The van der Waals surface area contributed by atoms with Gasteiger partial charge in [0.1, 0.15) is 0 Å². The topological polar surface area (TPSA) is 57.6 Å². The van der Waals surface area contributed by atoms with Crippen LogP contribution in [0, 0.1) is 12.8 Å². The molecule has 3 aliphatic rings. The van der Waals surface area contributed by atoms with Crippen LogP contribution in [0.1, 0.15) is 37.7 Å². The van der Waals surface area contributed by atoms with Crippen LogP contribution in [0.25, 0.3) is 0 Å². The Bertz CT molecular complexity index is 725. The van der Waals surface area contributed by atoms with Crippen molar-refractivity contribution in [3.8, 4) is 0 Å². The van der Waals surface area contributed by atoms with Crippen LogP contribution in [0.3, 0.4) is 0 Å². The summed E-state index contributed by atoms with van der Waals surface area (Å²) >= 11 is 0. The lowest BCUT2D eigenvalue weighted by molar-refractivity contribution is 0.0315. The number of amides is 2. The zero-order chi connectivity index (χ0) is 17.6. The van der Waals surface area contributed by atoms with Crippen molar-refractivity contribution < 1.29 is 4.79 Å². The maximum atomic E-state index is 12.7. The highest BCUT2D eigenvalue weighted by atomic mass is 16.2. The number of nitrogens with one attached hydrogen (secondary N) is 1. The second kappa shape index (κ2) is 6.48. The summed E-state index contributed by atoms with van der Waals surface area (Å²) in [7, 11) is 1.71. The van der Waals surface area contributed by atoms with Gasteiger partial charge in [0.05, 0.1) is 5.69 Å². The van der Waals surface area contributed by atoms with Gasteiger partial charge >= 0.3 is 6.03 Å². The average Bonchev–Trinajstić information content (AvgIpc) is 3.43. The molecule has 0 spiro atoms. The maximum absolute atomic E-state index is 12.7. The Kier molecular flexibility index (Phi) is 4.31. The van der Waals surface area contributed by atoms with E-state index in [2.05, 4.69) is 10.2 Å². The number of hydrogen-bond acceptors (Lipinski definition) is 3. The van der Waals surface area contributed by atoms with E-state index in [0.29, 0.717) is 12.0 Å². The van der Waals surface area contributed by atoms with E-state index in [9.17, 15) is 9.59 Å². The average molecular weight is 344 g/mol. The summed E-state index contributed by atoms with van der Waals surface area (Å²) in [4.78, 5) is 29.1. The largest absolute Gasteiger partial charge is 0.324 e. The van der Waals surface area contributed by atoms with Crippen LogP contribution < -0.4 is 10.9 Å². The van der Waals surface area contributed by atoms with Crippen molar-refractivity contribution in [1.82, 2.24) is 14.4 Å². The van der Waals surface area contributed by atoms with Crippen LogP contribution in [-0.4, -0.2) is 52.1 Å². The van der Waals surface area contributed by atoms with Gasteiger partial charge in [-0.2, -0.15) is 0 Å². The van der Waals surface area contributed by atoms with E-state index in [1.54, 1.807) is 19.3 Å². The van der Waals surface area contributed by atoms with E-state index in [4.69, 9.17) is 0 Å². The molecule has 3 fully saturated rings. The molecule has 1 aromatic heterocycles. The lowest BCUT2D eigenvalue weighted by Crippen LogP contribution is -2.56. The van der Waals surface area contributed by atoms with Crippen LogP contribution in [0.5, 0.6) is 0 Å². The van der Waals surface area contributed by atoms with E-state index in [1.165, 1.54) is 36.8 Å². The number of pyridine rings is 1. The predicted octanol–water partition coefficient (Wildman–Crippen LogP) is 2.17. The van der Waals surface area contributed by atoms with E-state index < -0.39 is 0 Å². The first-order chi connectivity index (χ1) is 12.0. The van der Waals surface area contributed by atoms with E-state index in [0.717, 1.165) is 36.8 Å². The molecule has 2 amide bonds. The first-order valence-electron chi connectivity index (χ1n) is 9.52. The van der Waals surface area contributed by atoms with Crippen LogP contribution in [-0.2, 0) is 7.05 Å². The van der Waals surface area contributed by atoms with Gasteiger partial charge in [-0.1, -0.05) is 0 Å². The van der Waals surface area contributed by atoms with Crippen molar-refractivity contribution in [2.24, 2.45) is 13.0 Å². The number of fused-ring (bicyclic) bond motifs is 1. The molecule has 136 valence electrons. The Hall–Kier alpha value is -1.82. The summed E-state index contributed by atoms with van der Waals surface area (Å²) in [5, 5.41) is 3.00. The molecule has 0 radical (unpaired) electrons. The molecular formula is C19H28N4O2. The Morgan fingerprint density at radius 3 is 2.76 bits per heavy atom. The van der Waals surface area contributed by atoms with Crippen LogP contribution in [0.2, 0.25) is 0 Å². The molecular weight excluding hydrogens is 316 g/mol. The van der Waals surface area contributed by atoms with Crippen molar-refractivity contribution in [2.75, 3.05) is 25.0 Å². The van der Waals surface area contributed by atoms with Crippen LogP contribution in [0.15, 0.2) is 17.1 Å². The molecule has 2 atom stereocenters. The number of aromatic nitrogens is 1. The van der Waals surface area contributed by atoms with Crippen LogP contribution >= 0.6 is 0 Å². The minimum absolute atomic E-state index is 0.0382. The second-order valence-corrected chi connectivity index (χ2v) is 7.92. The number of rotatable bonds is 2. The van der Waals surface area contributed by atoms with Gasteiger partial charge in [-0.05, 0) is 57.1 Å². The number of nitrogens with zero attached hydrogens (tertiary/aromatic N) is 3. The van der Waals surface area contributed by atoms with E-state index in [-0.39, 0.29) is 11.6 Å². The first-order valence-corrected chi connectivity index (χ1v) is 9.52. The van der Waals surface area contributed by atoms with Gasteiger partial charge < -0.3 is 14.8 Å². The molecule has 1 saturated carbocycles. The quantitative estimate of drug-likeness (QED) is 0.895. The molecule has 0 aromatic carbocycles. The number of hydrogen-bond donors (Lipinski definition) is 1. The lowest BCUT2D eigenvalue weighted by atomic mass is 9.84. The van der Waals surface area contributed by atoms with E-state index in [1.807, 2.05) is 11.8 Å². The number of likely N-dealkylation sites (tertiary alicyclic amines) is 2. The smallest absolute Gasteiger partial charge is 0.321 e. The number of anilines is 1. The molecule has 1 aromatic rings. The lowest BCUT2D eigenvalue weighted by Gasteiger charge is -2.47. The number of carbonyl (C=O) groups excluding carboxylic acids is 1. The fourth-order valence-electron chi connectivity index (χ4n) is 4.53. The van der Waals surface area contributed by atoms with Crippen LogP contribution in [0.4, 0.5) is 10.5 Å². The van der Waals surface area contributed by atoms with Gasteiger partial charge in [0.2, 0.25) is 0 Å². The Morgan fingerprint density at radius 1 is 1.20 bits per heavy atom. The SMILES string of the molecule is Cc1cc(=O)n(C)cc1NC(=O)N1CCC2C(CCCN2C2CC2)C1. The van der Waals surface area contributed by atoms with Crippen molar-refractivity contribution in [3.05, 3.63) is 28.2 Å². The molecule has 1 aliphatic carbocycles. The van der Waals surface area contributed by atoms with Gasteiger partial charge in [0.25, 0.3) is 5.56 Å². The Balaban J connectivity index is 1.42. The van der Waals surface area contributed by atoms with Gasteiger partial charge in [-0.25, -0.2) is 4.79 Å². The van der Waals surface area contributed by atoms with Crippen molar-refractivity contribution in [3.63, 3.8) is 0 Å². The Morgan fingerprint density at radius 2 is 2.00 bits per heavy atom. The summed E-state index contributed by atoms with van der Waals surface area (Å²) in [6.45, 7) is 4.78. The molecule has 2 saturated heterocycles. The number of piperidine rings is 2. The fourth-order valence-corrected chi connectivity index (χ4v) is 4.53. The number of urea groups is 1. The normalized spacial score (nSPS) is 27.0. The monoisotopic (exact) mass is 344 g/mol. The molecule has 6 heteroatoms. The molecule has 2 aliphatic heterocycles. The molecule has 4 rings (SSSR count). The number of carbonyl (C=O) groups is 1. The highest BCUT2D eigenvalue weighted by molar-refractivity contribution is 5.90. The summed E-state index contributed by atoms with van der Waals surface area (Å²) in [5.41, 5.74) is 1.47. The predicted molar refractivity (Wildman–Crippen MR) is 97.9 cm³/mol. The number of aryl methyl sites for hydroxylation is 2. The van der Waals surface area contributed by atoms with Crippen molar-refractivity contribution in [2.45, 2.75) is 51.1 Å². The van der Waals surface area contributed by atoms with Gasteiger partial charge in [-0.3, -0.25) is 9.69 Å². The highest BCUT2D eigenvalue weighted by Crippen LogP contribution is 2.38. The fraction of sp³-hybridized carbons (Fsp3) is 0.684. The van der Waals surface area contributed by atoms with Gasteiger partial charge in [0, 0.05) is 44.5 Å². The van der Waals surface area contributed by atoms with Gasteiger partial charge in [-0.15, -0.1) is 0 Å². The Labute approximate surface area is 148 Å². The standard InChI is InChI=1S/C19H28N4O2/c1-13-10-18(24)21(2)12-16(13)20-19(25)22-9-7-17-14(11-22)4-3-8-23(17)15-5-6-15/h10,12,14-15,17H,3-9,11H2,1-2H3,(H,20,25). The summed E-state index contributed by atoms with van der Waals surface area (Å²) in [6.07, 6.45) is 8.00. The molecule has 6 nitrogen and oxygen atoms in total. The summed E-state index contributed by atoms with van der Waals surface area (Å²) in [6, 6.07) is 3.02. The van der Waals surface area contributed by atoms with E-state index >= 15 is 0 Å². The minimum atomic E-state index is -0.0568. The highest BCUT2D eigenvalue weighted by Gasteiger charge is 2.42. The second-order valence-electron chi connectivity index (χ2n) is 7.92. The van der Waals surface area contributed by atoms with Crippen molar-refractivity contribution in [1.29, 1.82) is 0 Å². The molecule has 0 bridgehead atoms. The molecule has 2 unspecified atom stereocenters. The maximum Gasteiger partial charge on any atom is 0.321 e. The zero-order valence-electron chi connectivity index (χ0n) is 15.2. The third-order valence-corrected chi connectivity index (χ3v) is 6.09. The third kappa shape index (κ3) is 3.32. The first kappa shape index (κ1) is 16.6. The molecule has 1 N–H and O–H groups in total. The summed E-state index contributed by atoms with van der Waals surface area (Å²) < 4.78 is 1.50. The summed E-state index contributed by atoms with van der Waals surface area (Å²) in [5.74, 6) is 0.607.